The monoisotopic (exact) mass is 291 g/mol. The first-order valence-corrected chi connectivity index (χ1v) is 7.40. The van der Waals surface area contributed by atoms with Crippen molar-refractivity contribution in [2.75, 3.05) is 65.7 Å². The van der Waals surface area contributed by atoms with Crippen molar-refractivity contribution >= 4 is 11.7 Å². The molecule has 2 rings (SSSR count). The first kappa shape index (κ1) is 15.7. The van der Waals surface area contributed by atoms with Crippen LogP contribution in [0.5, 0.6) is 0 Å². The second-order valence-corrected chi connectivity index (χ2v) is 5.62. The predicted molar refractivity (Wildman–Crippen MR) is 84.7 cm³/mol. The lowest BCUT2D eigenvalue weighted by atomic mass is 10.2. The molecule has 0 atom stereocenters. The summed E-state index contributed by atoms with van der Waals surface area (Å²) >= 11 is 0. The van der Waals surface area contributed by atoms with Crippen molar-refractivity contribution in [3.63, 3.8) is 0 Å². The highest BCUT2D eigenvalue weighted by Crippen LogP contribution is 2.10. The van der Waals surface area contributed by atoms with Crippen LogP contribution in [0.25, 0.3) is 0 Å². The van der Waals surface area contributed by atoms with E-state index in [9.17, 15) is 4.79 Å². The lowest BCUT2D eigenvalue weighted by Crippen LogP contribution is -2.50. The highest BCUT2D eigenvalue weighted by molar-refractivity contribution is 5.94. The quantitative estimate of drug-likeness (QED) is 0.853. The number of likely N-dealkylation sites (N-methyl/N-ethyl adjacent to an activating group) is 1. The van der Waals surface area contributed by atoms with Crippen LogP contribution in [0.3, 0.4) is 0 Å². The van der Waals surface area contributed by atoms with Gasteiger partial charge in [-0.2, -0.15) is 0 Å². The largest absolute Gasteiger partial charge is 0.373 e. The van der Waals surface area contributed by atoms with Gasteiger partial charge in [0.05, 0.1) is 5.56 Å². The van der Waals surface area contributed by atoms with Crippen LogP contribution < -0.4 is 5.32 Å². The molecule has 2 heterocycles. The van der Waals surface area contributed by atoms with Crippen LogP contribution in [0.1, 0.15) is 10.4 Å². The van der Waals surface area contributed by atoms with Crippen LogP contribution in [0.15, 0.2) is 18.3 Å². The number of nitrogens with one attached hydrogen (secondary N) is 1. The van der Waals surface area contributed by atoms with E-state index < -0.39 is 0 Å². The summed E-state index contributed by atoms with van der Waals surface area (Å²) in [6.45, 7) is 5.60. The van der Waals surface area contributed by atoms with E-state index in [-0.39, 0.29) is 5.91 Å². The highest BCUT2D eigenvalue weighted by atomic mass is 16.2. The van der Waals surface area contributed by atoms with E-state index in [4.69, 9.17) is 0 Å². The normalized spacial score (nSPS) is 16.3. The zero-order valence-electron chi connectivity index (χ0n) is 13.2. The number of hydrogen-bond acceptors (Lipinski definition) is 5. The fourth-order valence-electron chi connectivity index (χ4n) is 2.37. The molecule has 1 saturated heterocycles. The molecular formula is C15H25N5O. The number of aromatic nitrogens is 1. The van der Waals surface area contributed by atoms with Gasteiger partial charge in [0.25, 0.3) is 5.91 Å². The minimum Gasteiger partial charge on any atom is -0.373 e. The lowest BCUT2D eigenvalue weighted by molar-refractivity contribution is 0.0629. The third kappa shape index (κ3) is 4.41. The standard InChI is InChI=1S/C15H25N5O/c1-16-14-5-4-13(12-17-14)15(21)20-10-8-19(9-11-20)7-6-18(2)3/h4-5,12H,6-11H2,1-3H3,(H,16,17). The van der Waals surface area contributed by atoms with Gasteiger partial charge in [0.15, 0.2) is 0 Å². The second-order valence-electron chi connectivity index (χ2n) is 5.62. The smallest absolute Gasteiger partial charge is 0.255 e. The van der Waals surface area contributed by atoms with Crippen LogP contribution in [0.4, 0.5) is 5.82 Å². The first-order valence-electron chi connectivity index (χ1n) is 7.40. The van der Waals surface area contributed by atoms with Gasteiger partial charge in [-0.15, -0.1) is 0 Å². The van der Waals surface area contributed by atoms with Gasteiger partial charge in [0, 0.05) is 52.5 Å². The number of hydrogen-bond donors (Lipinski definition) is 1. The summed E-state index contributed by atoms with van der Waals surface area (Å²) in [5.74, 6) is 0.859. The van der Waals surface area contributed by atoms with Gasteiger partial charge in [0.2, 0.25) is 0 Å². The molecule has 0 bridgehead atoms. The number of nitrogens with zero attached hydrogens (tertiary/aromatic N) is 4. The molecule has 1 aliphatic heterocycles. The van der Waals surface area contributed by atoms with E-state index in [1.165, 1.54) is 0 Å². The Labute approximate surface area is 126 Å². The fraction of sp³-hybridized carbons (Fsp3) is 0.600. The van der Waals surface area contributed by atoms with E-state index in [0.717, 1.165) is 45.1 Å². The van der Waals surface area contributed by atoms with E-state index in [2.05, 4.69) is 34.2 Å². The van der Waals surface area contributed by atoms with Gasteiger partial charge in [-0.05, 0) is 26.2 Å². The Morgan fingerprint density at radius 2 is 2.00 bits per heavy atom. The molecule has 1 aromatic heterocycles. The van der Waals surface area contributed by atoms with E-state index in [1.807, 2.05) is 24.1 Å². The summed E-state index contributed by atoms with van der Waals surface area (Å²) in [5, 5.41) is 2.95. The molecule has 0 unspecified atom stereocenters. The Morgan fingerprint density at radius 1 is 1.29 bits per heavy atom. The molecular weight excluding hydrogens is 266 g/mol. The average molecular weight is 291 g/mol. The van der Waals surface area contributed by atoms with E-state index in [1.54, 1.807) is 6.20 Å². The Bertz CT molecular complexity index is 452. The molecule has 1 amide bonds. The van der Waals surface area contributed by atoms with Crippen molar-refractivity contribution in [3.05, 3.63) is 23.9 Å². The van der Waals surface area contributed by atoms with Gasteiger partial charge in [-0.1, -0.05) is 0 Å². The molecule has 1 N–H and O–H groups in total. The number of rotatable bonds is 5. The molecule has 1 aliphatic rings. The maximum atomic E-state index is 12.4. The summed E-state index contributed by atoms with van der Waals surface area (Å²) in [7, 11) is 5.99. The number of anilines is 1. The van der Waals surface area contributed by atoms with Gasteiger partial charge in [0.1, 0.15) is 5.82 Å². The van der Waals surface area contributed by atoms with Crippen molar-refractivity contribution in [1.82, 2.24) is 19.7 Å². The maximum absolute atomic E-state index is 12.4. The maximum Gasteiger partial charge on any atom is 0.255 e. The molecule has 1 aromatic rings. The zero-order chi connectivity index (χ0) is 15.2. The Kier molecular flexibility index (Phi) is 5.52. The molecule has 0 spiro atoms. The summed E-state index contributed by atoms with van der Waals surface area (Å²) in [5.41, 5.74) is 0.663. The number of amides is 1. The molecule has 6 heteroatoms. The van der Waals surface area contributed by atoms with Crippen LogP contribution >= 0.6 is 0 Å². The molecule has 116 valence electrons. The molecule has 0 aliphatic carbocycles. The second kappa shape index (κ2) is 7.38. The highest BCUT2D eigenvalue weighted by Gasteiger charge is 2.22. The Hall–Kier alpha value is -1.66. The molecule has 21 heavy (non-hydrogen) atoms. The minimum atomic E-state index is 0.0809. The molecule has 0 aromatic carbocycles. The zero-order valence-corrected chi connectivity index (χ0v) is 13.2. The summed E-state index contributed by atoms with van der Waals surface area (Å²) in [4.78, 5) is 23.1. The van der Waals surface area contributed by atoms with Gasteiger partial charge in [-0.3, -0.25) is 9.69 Å². The van der Waals surface area contributed by atoms with Crippen molar-refractivity contribution in [2.45, 2.75) is 0 Å². The van der Waals surface area contributed by atoms with E-state index in [0.29, 0.717) is 5.56 Å². The van der Waals surface area contributed by atoms with Crippen LogP contribution in [0, 0.1) is 0 Å². The molecule has 6 nitrogen and oxygen atoms in total. The van der Waals surface area contributed by atoms with Gasteiger partial charge in [-0.25, -0.2) is 4.98 Å². The first-order chi connectivity index (χ1) is 10.1. The predicted octanol–water partition coefficient (Wildman–Crippen LogP) is 0.443. The summed E-state index contributed by atoms with van der Waals surface area (Å²) in [6, 6.07) is 3.67. The van der Waals surface area contributed by atoms with Crippen LogP contribution in [0.2, 0.25) is 0 Å². The van der Waals surface area contributed by atoms with Crippen LogP contribution in [-0.4, -0.2) is 86.0 Å². The SMILES string of the molecule is CNc1ccc(C(=O)N2CCN(CCN(C)C)CC2)cn1. The van der Waals surface area contributed by atoms with Gasteiger partial charge < -0.3 is 15.1 Å². The summed E-state index contributed by atoms with van der Waals surface area (Å²) < 4.78 is 0. The Balaban J connectivity index is 1.84. The van der Waals surface area contributed by atoms with Crippen molar-refractivity contribution in [1.29, 1.82) is 0 Å². The number of pyridine rings is 1. The average Bonchev–Trinajstić information content (AvgIpc) is 2.53. The number of carbonyl (C=O) groups excluding carboxylic acids is 1. The third-order valence-corrected chi connectivity index (χ3v) is 3.79. The number of piperazine rings is 1. The fourth-order valence-corrected chi connectivity index (χ4v) is 2.37. The van der Waals surface area contributed by atoms with Gasteiger partial charge >= 0.3 is 0 Å². The minimum absolute atomic E-state index is 0.0809. The summed E-state index contributed by atoms with van der Waals surface area (Å²) in [6.07, 6.45) is 1.65. The topological polar surface area (TPSA) is 51.7 Å². The molecule has 0 saturated carbocycles. The number of carbonyl (C=O) groups is 1. The van der Waals surface area contributed by atoms with Crippen molar-refractivity contribution in [2.24, 2.45) is 0 Å². The molecule has 0 radical (unpaired) electrons. The van der Waals surface area contributed by atoms with Crippen molar-refractivity contribution < 1.29 is 4.79 Å². The molecule has 1 fully saturated rings. The van der Waals surface area contributed by atoms with E-state index >= 15 is 0 Å². The Morgan fingerprint density at radius 3 is 2.52 bits per heavy atom. The lowest BCUT2D eigenvalue weighted by Gasteiger charge is -2.35. The third-order valence-electron chi connectivity index (χ3n) is 3.79. The van der Waals surface area contributed by atoms with Crippen molar-refractivity contribution in [3.8, 4) is 0 Å². The van der Waals surface area contributed by atoms with Crippen LogP contribution in [-0.2, 0) is 0 Å².